The first-order chi connectivity index (χ1) is 6.13. The Morgan fingerprint density at radius 3 is 2.08 bits per heavy atom. The van der Waals surface area contributed by atoms with E-state index in [9.17, 15) is 4.79 Å². The second kappa shape index (κ2) is 11.4. The molecule has 13 heavy (non-hydrogen) atoms. The lowest BCUT2D eigenvalue weighted by Gasteiger charge is -2.18. The van der Waals surface area contributed by atoms with Crippen molar-refractivity contribution in [3.63, 3.8) is 0 Å². The molecule has 0 aromatic rings. The van der Waals surface area contributed by atoms with Gasteiger partial charge in [-0.05, 0) is 5.92 Å². The van der Waals surface area contributed by atoms with Gasteiger partial charge in [0, 0.05) is 7.11 Å². The summed E-state index contributed by atoms with van der Waals surface area (Å²) < 4.78 is 4.90. The van der Waals surface area contributed by atoms with E-state index in [4.69, 9.17) is 4.74 Å². The standard InChI is InChI=1S/C7H15NO2.C3H8/c1-6(2)7(4-10-3)8-5-9;1-3-2/h5-7H,4H2,1-3H3,(H,8,9);3H2,1-2H3. The number of hydrogen-bond acceptors (Lipinski definition) is 2. The largest absolute Gasteiger partial charge is 0.383 e. The molecule has 3 nitrogen and oxygen atoms in total. The molecule has 0 saturated carbocycles. The van der Waals surface area contributed by atoms with Gasteiger partial charge in [0.1, 0.15) is 0 Å². The van der Waals surface area contributed by atoms with Gasteiger partial charge in [0.05, 0.1) is 12.6 Å². The molecule has 0 bridgehead atoms. The van der Waals surface area contributed by atoms with Crippen LogP contribution in [0.15, 0.2) is 0 Å². The fourth-order valence-electron chi connectivity index (χ4n) is 0.700. The highest BCUT2D eigenvalue weighted by Gasteiger charge is 2.10. The van der Waals surface area contributed by atoms with Gasteiger partial charge in [-0.25, -0.2) is 0 Å². The van der Waals surface area contributed by atoms with Gasteiger partial charge in [-0.15, -0.1) is 0 Å². The van der Waals surface area contributed by atoms with Crippen LogP contribution in [0.1, 0.15) is 34.1 Å². The summed E-state index contributed by atoms with van der Waals surface area (Å²) in [5, 5.41) is 2.68. The molecule has 3 heteroatoms. The zero-order valence-electron chi connectivity index (χ0n) is 9.46. The number of methoxy groups -OCH3 is 1. The smallest absolute Gasteiger partial charge is 0.207 e. The van der Waals surface area contributed by atoms with E-state index in [1.807, 2.05) is 13.8 Å². The van der Waals surface area contributed by atoms with Crippen LogP contribution in [0.4, 0.5) is 0 Å². The number of carbonyl (C=O) groups excluding carboxylic acids is 1. The van der Waals surface area contributed by atoms with Crippen LogP contribution < -0.4 is 5.32 Å². The minimum atomic E-state index is 0.141. The highest BCUT2D eigenvalue weighted by molar-refractivity contribution is 5.46. The lowest BCUT2D eigenvalue weighted by Crippen LogP contribution is -2.36. The number of rotatable bonds is 5. The van der Waals surface area contributed by atoms with Gasteiger partial charge in [-0.3, -0.25) is 4.79 Å². The van der Waals surface area contributed by atoms with E-state index in [0.717, 1.165) is 0 Å². The molecule has 0 fully saturated rings. The molecule has 0 radical (unpaired) electrons. The predicted octanol–water partition coefficient (Wildman–Crippen LogP) is 1.82. The van der Waals surface area contributed by atoms with Crippen molar-refractivity contribution in [2.24, 2.45) is 5.92 Å². The molecule has 1 atom stereocenters. The molecule has 1 N–H and O–H groups in total. The molecule has 1 amide bonds. The Balaban J connectivity index is 0. The first kappa shape index (κ1) is 14.9. The second-order valence-corrected chi connectivity index (χ2v) is 3.30. The molecule has 0 aromatic carbocycles. The average molecular weight is 189 g/mol. The molecular weight excluding hydrogens is 166 g/mol. The summed E-state index contributed by atoms with van der Waals surface area (Å²) in [6, 6.07) is 0.141. The van der Waals surface area contributed by atoms with Crippen LogP contribution >= 0.6 is 0 Å². The Labute approximate surface area is 81.9 Å². The Morgan fingerprint density at radius 2 is 1.85 bits per heavy atom. The minimum absolute atomic E-state index is 0.141. The first-order valence-corrected chi connectivity index (χ1v) is 4.82. The van der Waals surface area contributed by atoms with Gasteiger partial charge in [0.2, 0.25) is 6.41 Å². The highest BCUT2D eigenvalue weighted by atomic mass is 16.5. The summed E-state index contributed by atoms with van der Waals surface area (Å²) >= 11 is 0. The van der Waals surface area contributed by atoms with Crippen molar-refractivity contribution in [1.82, 2.24) is 5.32 Å². The third kappa shape index (κ3) is 11.4. The van der Waals surface area contributed by atoms with Crippen LogP contribution in [0.5, 0.6) is 0 Å². The Morgan fingerprint density at radius 1 is 1.38 bits per heavy atom. The Kier molecular flexibility index (Phi) is 13.1. The van der Waals surface area contributed by atoms with Gasteiger partial charge in [0.15, 0.2) is 0 Å². The summed E-state index contributed by atoms with van der Waals surface area (Å²) in [6.45, 7) is 8.91. The number of ether oxygens (including phenoxy) is 1. The van der Waals surface area contributed by atoms with E-state index in [-0.39, 0.29) is 6.04 Å². The molecule has 0 aliphatic heterocycles. The van der Waals surface area contributed by atoms with Crippen molar-refractivity contribution in [3.8, 4) is 0 Å². The van der Waals surface area contributed by atoms with E-state index >= 15 is 0 Å². The number of amides is 1. The van der Waals surface area contributed by atoms with Crippen molar-refractivity contribution < 1.29 is 9.53 Å². The minimum Gasteiger partial charge on any atom is -0.383 e. The monoisotopic (exact) mass is 189 g/mol. The van der Waals surface area contributed by atoms with Gasteiger partial charge in [-0.1, -0.05) is 34.1 Å². The number of carbonyl (C=O) groups is 1. The summed E-state index contributed by atoms with van der Waals surface area (Å²) in [4.78, 5) is 10.0. The molecule has 0 rings (SSSR count). The van der Waals surface area contributed by atoms with Crippen LogP contribution in [-0.4, -0.2) is 26.2 Å². The molecule has 0 saturated heterocycles. The maximum Gasteiger partial charge on any atom is 0.207 e. The molecule has 0 aliphatic carbocycles. The lowest BCUT2D eigenvalue weighted by atomic mass is 10.1. The highest BCUT2D eigenvalue weighted by Crippen LogP contribution is 1.99. The van der Waals surface area contributed by atoms with Gasteiger partial charge in [-0.2, -0.15) is 0 Å². The third-order valence-corrected chi connectivity index (χ3v) is 1.43. The van der Waals surface area contributed by atoms with Crippen LogP contribution in [0.3, 0.4) is 0 Å². The Bertz CT molecular complexity index is 105. The lowest BCUT2D eigenvalue weighted by molar-refractivity contribution is -0.110. The number of nitrogens with one attached hydrogen (secondary N) is 1. The van der Waals surface area contributed by atoms with E-state index in [2.05, 4.69) is 19.2 Å². The van der Waals surface area contributed by atoms with Crippen LogP contribution in [0.25, 0.3) is 0 Å². The summed E-state index contributed by atoms with van der Waals surface area (Å²) in [5.74, 6) is 0.421. The molecule has 0 spiro atoms. The van der Waals surface area contributed by atoms with Crippen molar-refractivity contribution in [1.29, 1.82) is 0 Å². The van der Waals surface area contributed by atoms with E-state index < -0.39 is 0 Å². The Hall–Kier alpha value is -0.570. The maximum absolute atomic E-state index is 10.0. The summed E-state index contributed by atoms with van der Waals surface area (Å²) in [5.41, 5.74) is 0. The van der Waals surface area contributed by atoms with Crippen LogP contribution in [0, 0.1) is 5.92 Å². The van der Waals surface area contributed by atoms with E-state index in [0.29, 0.717) is 18.9 Å². The fraction of sp³-hybridized carbons (Fsp3) is 0.900. The molecule has 0 aromatic heterocycles. The topological polar surface area (TPSA) is 38.3 Å². The van der Waals surface area contributed by atoms with E-state index in [1.165, 1.54) is 6.42 Å². The van der Waals surface area contributed by atoms with Gasteiger partial charge in [0.25, 0.3) is 0 Å². The normalized spacial score (nSPS) is 11.5. The zero-order chi connectivity index (χ0) is 10.7. The number of hydrogen-bond donors (Lipinski definition) is 1. The quantitative estimate of drug-likeness (QED) is 0.670. The van der Waals surface area contributed by atoms with Crippen molar-refractivity contribution in [2.45, 2.75) is 40.2 Å². The molecule has 80 valence electrons. The predicted molar refractivity (Wildman–Crippen MR) is 55.7 cm³/mol. The molecule has 0 heterocycles. The van der Waals surface area contributed by atoms with Gasteiger partial charge < -0.3 is 10.1 Å². The molecule has 1 unspecified atom stereocenters. The summed E-state index contributed by atoms with van der Waals surface area (Å²) in [6.07, 6.45) is 1.96. The van der Waals surface area contributed by atoms with Crippen LogP contribution in [0.2, 0.25) is 0 Å². The van der Waals surface area contributed by atoms with Gasteiger partial charge >= 0.3 is 0 Å². The van der Waals surface area contributed by atoms with Crippen molar-refractivity contribution in [2.75, 3.05) is 13.7 Å². The zero-order valence-corrected chi connectivity index (χ0v) is 9.46. The summed E-state index contributed by atoms with van der Waals surface area (Å²) in [7, 11) is 1.63. The fourth-order valence-corrected chi connectivity index (χ4v) is 0.700. The molecule has 0 aliphatic rings. The van der Waals surface area contributed by atoms with E-state index in [1.54, 1.807) is 7.11 Å². The average Bonchev–Trinajstić information content (AvgIpc) is 2.05. The first-order valence-electron chi connectivity index (χ1n) is 4.82. The second-order valence-electron chi connectivity index (χ2n) is 3.30. The molecular formula is C10H23NO2. The van der Waals surface area contributed by atoms with Crippen molar-refractivity contribution in [3.05, 3.63) is 0 Å². The van der Waals surface area contributed by atoms with Crippen LogP contribution in [-0.2, 0) is 9.53 Å². The SMILES string of the molecule is CCC.COCC(NC=O)C(C)C. The van der Waals surface area contributed by atoms with Crippen molar-refractivity contribution >= 4 is 6.41 Å². The third-order valence-electron chi connectivity index (χ3n) is 1.43. The maximum atomic E-state index is 10.0.